The van der Waals surface area contributed by atoms with Gasteiger partial charge >= 0.3 is 6.18 Å². The molecular formula is C13H18F3N3OS. The molecule has 4 nitrogen and oxygen atoms in total. The summed E-state index contributed by atoms with van der Waals surface area (Å²) in [7, 11) is 0. The predicted octanol–water partition coefficient (Wildman–Crippen LogP) is 2.46. The summed E-state index contributed by atoms with van der Waals surface area (Å²) in [6.45, 7) is 4.94. The summed E-state index contributed by atoms with van der Waals surface area (Å²) in [6.07, 6.45) is -2.33. The Labute approximate surface area is 125 Å². The van der Waals surface area contributed by atoms with Crippen LogP contribution in [-0.2, 0) is 10.9 Å². The molecule has 0 saturated carbocycles. The van der Waals surface area contributed by atoms with E-state index < -0.39 is 11.9 Å². The van der Waals surface area contributed by atoms with E-state index in [4.69, 9.17) is 4.74 Å². The maximum Gasteiger partial charge on any atom is 0.434 e. The first kappa shape index (κ1) is 15.1. The number of hydrogen-bond donors (Lipinski definition) is 0. The third-order valence-corrected chi connectivity index (χ3v) is 4.86. The van der Waals surface area contributed by atoms with Crippen LogP contribution in [0.5, 0.6) is 0 Å². The topological polar surface area (TPSA) is 28.6 Å². The summed E-state index contributed by atoms with van der Waals surface area (Å²) in [5, 5.41) is 1.61. The van der Waals surface area contributed by atoms with Crippen molar-refractivity contribution < 1.29 is 17.9 Å². The molecule has 2 saturated heterocycles. The van der Waals surface area contributed by atoms with Gasteiger partial charge < -0.3 is 9.64 Å². The van der Waals surface area contributed by atoms with Crippen LogP contribution in [0.15, 0.2) is 5.38 Å². The summed E-state index contributed by atoms with van der Waals surface area (Å²) in [5.41, 5.74) is -0.778. The lowest BCUT2D eigenvalue weighted by Gasteiger charge is -2.32. The van der Waals surface area contributed by atoms with Crippen molar-refractivity contribution in [3.05, 3.63) is 11.1 Å². The summed E-state index contributed by atoms with van der Waals surface area (Å²) in [4.78, 5) is 8.14. The van der Waals surface area contributed by atoms with Gasteiger partial charge in [-0.2, -0.15) is 13.2 Å². The fraction of sp³-hybridized carbons (Fsp3) is 0.769. The Morgan fingerprint density at radius 2 is 2.05 bits per heavy atom. The van der Waals surface area contributed by atoms with E-state index in [1.165, 1.54) is 0 Å². The fourth-order valence-electron chi connectivity index (χ4n) is 2.89. The Kier molecular flexibility index (Phi) is 4.37. The van der Waals surface area contributed by atoms with Crippen molar-refractivity contribution in [2.75, 3.05) is 44.3 Å². The van der Waals surface area contributed by atoms with Crippen LogP contribution in [0.4, 0.5) is 18.3 Å². The predicted molar refractivity (Wildman–Crippen MR) is 74.7 cm³/mol. The number of thiazole rings is 1. The fourth-order valence-corrected chi connectivity index (χ4v) is 3.82. The second kappa shape index (κ2) is 6.10. The largest absolute Gasteiger partial charge is 0.434 e. The Bertz CT molecular complexity index is 473. The first-order chi connectivity index (χ1) is 10.0. The van der Waals surface area contributed by atoms with Crippen molar-refractivity contribution >= 4 is 16.5 Å². The molecule has 1 atom stereocenters. The van der Waals surface area contributed by atoms with Gasteiger partial charge in [0.15, 0.2) is 10.8 Å². The standard InChI is InChI=1S/C13H18F3N3OS/c14-13(15,16)11-9-21-12(17-11)19-3-1-2-10(19)8-18-4-6-20-7-5-18/h9-10H,1-8H2/t10-/m1/s1. The molecule has 118 valence electrons. The minimum Gasteiger partial charge on any atom is -0.379 e. The molecule has 0 aliphatic carbocycles. The highest BCUT2D eigenvalue weighted by atomic mass is 32.1. The van der Waals surface area contributed by atoms with Crippen LogP contribution in [0.25, 0.3) is 0 Å². The SMILES string of the molecule is FC(F)(F)c1csc(N2CCC[C@@H]2CN2CCOCC2)n1. The van der Waals surface area contributed by atoms with Gasteiger partial charge in [-0.15, -0.1) is 11.3 Å². The van der Waals surface area contributed by atoms with Gasteiger partial charge in [0.05, 0.1) is 13.2 Å². The summed E-state index contributed by atoms with van der Waals surface area (Å²) in [6, 6.07) is 0.260. The van der Waals surface area contributed by atoms with E-state index in [1.807, 2.05) is 4.90 Å². The quantitative estimate of drug-likeness (QED) is 0.855. The van der Waals surface area contributed by atoms with Gasteiger partial charge in [0.25, 0.3) is 0 Å². The molecular weight excluding hydrogens is 303 g/mol. The number of anilines is 1. The molecule has 0 unspecified atom stereocenters. The van der Waals surface area contributed by atoms with Crippen molar-refractivity contribution in [2.24, 2.45) is 0 Å². The van der Waals surface area contributed by atoms with E-state index in [2.05, 4.69) is 9.88 Å². The lowest BCUT2D eigenvalue weighted by molar-refractivity contribution is -0.140. The van der Waals surface area contributed by atoms with E-state index in [9.17, 15) is 13.2 Å². The van der Waals surface area contributed by atoms with Gasteiger partial charge in [-0.3, -0.25) is 4.90 Å². The smallest absolute Gasteiger partial charge is 0.379 e. The molecule has 0 N–H and O–H groups in total. The number of morpholine rings is 1. The van der Waals surface area contributed by atoms with Gasteiger partial charge in [-0.25, -0.2) is 4.98 Å². The van der Waals surface area contributed by atoms with Crippen molar-refractivity contribution in [1.82, 2.24) is 9.88 Å². The Balaban J connectivity index is 1.67. The summed E-state index contributed by atoms with van der Waals surface area (Å²) >= 11 is 1.09. The number of hydrogen-bond acceptors (Lipinski definition) is 5. The maximum atomic E-state index is 12.7. The first-order valence-corrected chi connectivity index (χ1v) is 8.01. The molecule has 0 aromatic carbocycles. The van der Waals surface area contributed by atoms with E-state index in [0.717, 1.165) is 69.0 Å². The molecule has 0 amide bonds. The minimum absolute atomic E-state index is 0.260. The second-order valence-corrected chi connectivity index (χ2v) is 6.25. The minimum atomic E-state index is -4.35. The molecule has 0 spiro atoms. The van der Waals surface area contributed by atoms with E-state index in [1.54, 1.807) is 0 Å². The third kappa shape index (κ3) is 3.49. The Morgan fingerprint density at radius 3 is 2.71 bits per heavy atom. The molecule has 2 fully saturated rings. The van der Waals surface area contributed by atoms with Crippen molar-refractivity contribution in [3.63, 3.8) is 0 Å². The molecule has 0 bridgehead atoms. The molecule has 2 aliphatic heterocycles. The van der Waals surface area contributed by atoms with Gasteiger partial charge in [0, 0.05) is 37.6 Å². The summed E-state index contributed by atoms with van der Waals surface area (Å²) < 4.78 is 43.3. The number of halogens is 3. The molecule has 1 aromatic heterocycles. The first-order valence-electron chi connectivity index (χ1n) is 7.13. The zero-order valence-corrected chi connectivity index (χ0v) is 12.4. The Hall–Kier alpha value is -0.860. The van der Waals surface area contributed by atoms with Crippen molar-refractivity contribution in [2.45, 2.75) is 25.1 Å². The Morgan fingerprint density at radius 1 is 1.29 bits per heavy atom. The number of alkyl halides is 3. The average Bonchev–Trinajstić information content (AvgIpc) is 3.07. The highest BCUT2D eigenvalue weighted by Gasteiger charge is 2.36. The molecule has 2 aliphatic rings. The molecule has 1 aromatic rings. The average molecular weight is 321 g/mol. The van der Waals surface area contributed by atoms with Crippen LogP contribution in [0.1, 0.15) is 18.5 Å². The van der Waals surface area contributed by atoms with Gasteiger partial charge in [-0.1, -0.05) is 0 Å². The highest BCUT2D eigenvalue weighted by Crippen LogP contribution is 2.35. The van der Waals surface area contributed by atoms with Crippen molar-refractivity contribution in [3.8, 4) is 0 Å². The molecule has 0 radical (unpaired) electrons. The van der Waals surface area contributed by atoms with Gasteiger partial charge in [0.1, 0.15) is 0 Å². The number of rotatable bonds is 3. The lowest BCUT2D eigenvalue weighted by Crippen LogP contribution is -2.45. The number of ether oxygens (including phenoxy) is 1. The van der Waals surface area contributed by atoms with Crippen LogP contribution in [0.2, 0.25) is 0 Å². The molecule has 3 heterocycles. The van der Waals surface area contributed by atoms with Crippen LogP contribution < -0.4 is 4.90 Å². The second-order valence-electron chi connectivity index (χ2n) is 5.42. The number of aromatic nitrogens is 1. The van der Waals surface area contributed by atoms with E-state index in [-0.39, 0.29) is 6.04 Å². The highest BCUT2D eigenvalue weighted by molar-refractivity contribution is 7.13. The number of nitrogens with zero attached hydrogens (tertiary/aromatic N) is 3. The van der Waals surface area contributed by atoms with Gasteiger partial charge in [0.2, 0.25) is 0 Å². The van der Waals surface area contributed by atoms with Crippen molar-refractivity contribution in [1.29, 1.82) is 0 Å². The van der Waals surface area contributed by atoms with E-state index in [0.29, 0.717) is 5.13 Å². The lowest BCUT2D eigenvalue weighted by atomic mass is 10.2. The monoisotopic (exact) mass is 321 g/mol. The molecule has 8 heteroatoms. The maximum absolute atomic E-state index is 12.7. The summed E-state index contributed by atoms with van der Waals surface area (Å²) in [5.74, 6) is 0. The van der Waals surface area contributed by atoms with Crippen LogP contribution in [0.3, 0.4) is 0 Å². The van der Waals surface area contributed by atoms with Gasteiger partial charge in [-0.05, 0) is 12.8 Å². The van der Waals surface area contributed by atoms with Crippen LogP contribution in [0, 0.1) is 0 Å². The molecule has 21 heavy (non-hydrogen) atoms. The zero-order valence-electron chi connectivity index (χ0n) is 11.6. The van der Waals surface area contributed by atoms with Crippen LogP contribution in [-0.4, -0.2) is 55.3 Å². The zero-order chi connectivity index (χ0) is 14.9. The van der Waals surface area contributed by atoms with Crippen LogP contribution >= 0.6 is 11.3 Å². The third-order valence-electron chi connectivity index (χ3n) is 3.98. The molecule has 3 rings (SSSR count). The normalized spacial score (nSPS) is 24.7. The van der Waals surface area contributed by atoms with E-state index >= 15 is 0 Å².